The van der Waals surface area contributed by atoms with Gasteiger partial charge in [0, 0.05) is 19.1 Å². The smallest absolute Gasteiger partial charge is 0.280 e. The van der Waals surface area contributed by atoms with Crippen molar-refractivity contribution in [1.82, 2.24) is 19.3 Å². The third-order valence-corrected chi connectivity index (χ3v) is 5.41. The molecule has 0 spiro atoms. The highest BCUT2D eigenvalue weighted by atomic mass is 32.2. The van der Waals surface area contributed by atoms with Gasteiger partial charge in [-0.05, 0) is 33.7 Å². The highest BCUT2D eigenvalue weighted by Gasteiger charge is 2.33. The average molecular weight is 316 g/mol. The van der Waals surface area contributed by atoms with Crippen molar-refractivity contribution in [1.29, 1.82) is 0 Å². The van der Waals surface area contributed by atoms with Crippen molar-refractivity contribution in [2.24, 2.45) is 0 Å². The van der Waals surface area contributed by atoms with Crippen LogP contribution < -0.4 is 10.0 Å². The first kappa shape index (κ1) is 16.4. The summed E-state index contributed by atoms with van der Waals surface area (Å²) in [7, 11) is -1.71. The molecular weight excluding hydrogens is 292 g/mol. The zero-order valence-corrected chi connectivity index (χ0v) is 13.6. The molecule has 2 rings (SSSR count). The lowest BCUT2D eigenvalue weighted by Crippen LogP contribution is -2.52. The second-order valence-electron chi connectivity index (χ2n) is 5.47. The number of nitrogens with zero attached hydrogens (tertiary/aromatic N) is 2. The lowest BCUT2D eigenvalue weighted by molar-refractivity contribution is 0.244. The van der Waals surface area contributed by atoms with Crippen molar-refractivity contribution in [2.45, 2.75) is 45.2 Å². The second-order valence-corrected chi connectivity index (χ2v) is 7.13. The normalized spacial score (nSPS) is 22.3. The summed E-state index contributed by atoms with van der Waals surface area (Å²) in [6.45, 7) is 4.73. The maximum Gasteiger partial charge on any atom is 0.280 e. The predicted molar refractivity (Wildman–Crippen MR) is 80.0 cm³/mol. The van der Waals surface area contributed by atoms with E-state index in [-0.39, 0.29) is 6.04 Å². The van der Waals surface area contributed by atoms with Gasteiger partial charge in [0.25, 0.3) is 10.2 Å². The molecule has 21 heavy (non-hydrogen) atoms. The monoisotopic (exact) mass is 316 g/mol. The van der Waals surface area contributed by atoms with E-state index in [1.54, 1.807) is 24.3 Å². The van der Waals surface area contributed by atoms with Gasteiger partial charge >= 0.3 is 0 Å². The number of piperidine rings is 1. The molecule has 0 amide bonds. The van der Waals surface area contributed by atoms with E-state index in [0.29, 0.717) is 24.7 Å². The zero-order valence-electron chi connectivity index (χ0n) is 12.8. The predicted octanol–water partition coefficient (Wildman–Crippen LogP) is 0.952. The Balaban J connectivity index is 2.09. The average Bonchev–Trinajstić information content (AvgIpc) is 2.86. The molecule has 2 N–H and O–H groups in total. The lowest BCUT2D eigenvalue weighted by Gasteiger charge is -2.35. The highest BCUT2D eigenvalue weighted by molar-refractivity contribution is 7.87. The van der Waals surface area contributed by atoms with Gasteiger partial charge in [-0.1, -0.05) is 6.42 Å². The van der Waals surface area contributed by atoms with Crippen LogP contribution in [0.15, 0.2) is 10.6 Å². The molecule has 2 atom stereocenters. The summed E-state index contributed by atoms with van der Waals surface area (Å²) < 4.78 is 34.8. The molecule has 1 aliphatic heterocycles. The Hall–Kier alpha value is -0.960. The second kappa shape index (κ2) is 6.87. The van der Waals surface area contributed by atoms with Crippen LogP contribution in [0.2, 0.25) is 0 Å². The third kappa shape index (κ3) is 4.03. The minimum Gasteiger partial charge on any atom is -0.444 e. The molecule has 1 aromatic heterocycles. The third-order valence-electron chi connectivity index (χ3n) is 3.66. The van der Waals surface area contributed by atoms with Crippen molar-refractivity contribution in [2.75, 3.05) is 20.1 Å². The Morgan fingerprint density at radius 2 is 2.29 bits per heavy atom. The highest BCUT2D eigenvalue weighted by Crippen LogP contribution is 2.21. The summed E-state index contributed by atoms with van der Waals surface area (Å²) in [6.07, 6.45) is 4.43. The van der Waals surface area contributed by atoms with Gasteiger partial charge in [-0.3, -0.25) is 0 Å². The van der Waals surface area contributed by atoms with Crippen molar-refractivity contribution >= 4 is 10.2 Å². The Morgan fingerprint density at radius 3 is 2.90 bits per heavy atom. The minimum absolute atomic E-state index is 0.000235. The van der Waals surface area contributed by atoms with Crippen LogP contribution in [0.3, 0.4) is 0 Å². The van der Waals surface area contributed by atoms with Gasteiger partial charge in [-0.2, -0.15) is 17.4 Å². The Kier molecular flexibility index (Phi) is 5.37. The van der Waals surface area contributed by atoms with Crippen LogP contribution >= 0.6 is 0 Å². The largest absolute Gasteiger partial charge is 0.444 e. The van der Waals surface area contributed by atoms with E-state index in [9.17, 15) is 8.42 Å². The Morgan fingerprint density at radius 1 is 1.52 bits per heavy atom. The topological polar surface area (TPSA) is 87.5 Å². The molecule has 0 saturated carbocycles. The summed E-state index contributed by atoms with van der Waals surface area (Å²) in [5, 5.41) is 3.06. The maximum atomic E-state index is 12.6. The van der Waals surface area contributed by atoms with E-state index in [4.69, 9.17) is 4.42 Å². The van der Waals surface area contributed by atoms with Crippen LogP contribution in [0.5, 0.6) is 0 Å². The van der Waals surface area contributed by atoms with Crippen LogP contribution in [-0.2, 0) is 10.2 Å². The van der Waals surface area contributed by atoms with Crippen molar-refractivity contribution < 1.29 is 12.8 Å². The Bertz CT molecular complexity index is 556. The van der Waals surface area contributed by atoms with Gasteiger partial charge in [0.05, 0.1) is 12.2 Å². The molecule has 7 nitrogen and oxygen atoms in total. The molecule has 0 radical (unpaired) electrons. The molecule has 1 fully saturated rings. The van der Waals surface area contributed by atoms with Gasteiger partial charge in [0.1, 0.15) is 5.76 Å². The van der Waals surface area contributed by atoms with Gasteiger partial charge in [-0.15, -0.1) is 0 Å². The van der Waals surface area contributed by atoms with Crippen LogP contribution in [-0.4, -0.2) is 43.9 Å². The van der Waals surface area contributed by atoms with Gasteiger partial charge < -0.3 is 9.73 Å². The van der Waals surface area contributed by atoms with E-state index in [2.05, 4.69) is 15.0 Å². The molecule has 1 aliphatic rings. The summed E-state index contributed by atoms with van der Waals surface area (Å²) in [5.74, 6) is 1.06. The number of aryl methyl sites for hydroxylation is 1. The number of oxazole rings is 1. The Labute approximate surface area is 126 Å². The molecule has 0 aromatic carbocycles. The standard InChI is InChI=1S/C13H24N4O3S/c1-10-8-15-13(20-10)11(2)16-21(18,19)17-7-5-4-6-12(17)9-14-3/h8,11-12,14,16H,4-7,9H2,1-3H3. The number of rotatable bonds is 6. The van der Waals surface area contributed by atoms with Crippen molar-refractivity contribution in [3.05, 3.63) is 17.8 Å². The van der Waals surface area contributed by atoms with E-state index in [1.807, 2.05) is 7.05 Å². The molecule has 1 saturated heterocycles. The number of likely N-dealkylation sites (N-methyl/N-ethyl adjacent to an activating group) is 1. The van der Waals surface area contributed by atoms with Crippen molar-refractivity contribution in [3.63, 3.8) is 0 Å². The van der Waals surface area contributed by atoms with Crippen LogP contribution in [0.25, 0.3) is 0 Å². The van der Waals surface area contributed by atoms with E-state index in [1.165, 1.54) is 0 Å². The number of hydrogen-bond donors (Lipinski definition) is 2. The van der Waals surface area contributed by atoms with Crippen LogP contribution in [0.1, 0.15) is 43.9 Å². The number of aromatic nitrogens is 1. The maximum absolute atomic E-state index is 12.6. The van der Waals surface area contributed by atoms with Crippen LogP contribution in [0, 0.1) is 6.92 Å². The molecular formula is C13H24N4O3S. The fourth-order valence-electron chi connectivity index (χ4n) is 2.64. The molecule has 0 bridgehead atoms. The van der Waals surface area contributed by atoms with Gasteiger partial charge in [0.2, 0.25) is 5.89 Å². The first-order chi connectivity index (χ1) is 9.94. The van der Waals surface area contributed by atoms with E-state index in [0.717, 1.165) is 19.3 Å². The molecule has 2 unspecified atom stereocenters. The first-order valence-corrected chi connectivity index (χ1v) is 8.74. The first-order valence-electron chi connectivity index (χ1n) is 7.30. The quantitative estimate of drug-likeness (QED) is 0.816. The number of hydrogen-bond acceptors (Lipinski definition) is 5. The molecule has 120 valence electrons. The summed E-state index contributed by atoms with van der Waals surface area (Å²) in [6, 6.07) is -0.486. The lowest BCUT2D eigenvalue weighted by atomic mass is 10.1. The fraction of sp³-hybridized carbons (Fsp3) is 0.769. The zero-order chi connectivity index (χ0) is 15.5. The molecule has 8 heteroatoms. The van der Waals surface area contributed by atoms with E-state index < -0.39 is 16.3 Å². The molecule has 2 heterocycles. The minimum atomic E-state index is -3.55. The summed E-state index contributed by atoms with van der Waals surface area (Å²) in [5.41, 5.74) is 0. The SMILES string of the molecule is CNCC1CCCCN1S(=O)(=O)NC(C)c1ncc(C)o1. The van der Waals surface area contributed by atoms with Crippen molar-refractivity contribution in [3.8, 4) is 0 Å². The van der Waals surface area contributed by atoms with Gasteiger partial charge in [0.15, 0.2) is 0 Å². The fourth-order valence-corrected chi connectivity index (χ4v) is 4.27. The number of nitrogens with one attached hydrogen (secondary N) is 2. The summed E-state index contributed by atoms with van der Waals surface area (Å²) in [4.78, 5) is 4.08. The molecule has 0 aliphatic carbocycles. The molecule has 1 aromatic rings. The summed E-state index contributed by atoms with van der Waals surface area (Å²) >= 11 is 0. The van der Waals surface area contributed by atoms with Crippen LogP contribution in [0.4, 0.5) is 0 Å². The van der Waals surface area contributed by atoms with Gasteiger partial charge in [-0.25, -0.2) is 4.98 Å². The van der Waals surface area contributed by atoms with E-state index >= 15 is 0 Å².